The van der Waals surface area contributed by atoms with Gasteiger partial charge in [-0.3, -0.25) is 14.5 Å². The van der Waals surface area contributed by atoms with E-state index in [0.29, 0.717) is 28.9 Å². The van der Waals surface area contributed by atoms with Crippen LogP contribution < -0.4 is 10.1 Å². The summed E-state index contributed by atoms with van der Waals surface area (Å²) in [6.07, 6.45) is -0.0248. The molecule has 1 N–H and O–H groups in total. The Morgan fingerprint density at radius 1 is 0.971 bits per heavy atom. The maximum absolute atomic E-state index is 13.4. The van der Waals surface area contributed by atoms with E-state index in [1.54, 1.807) is 36.3 Å². The van der Waals surface area contributed by atoms with Gasteiger partial charge in [-0.25, -0.2) is 0 Å². The van der Waals surface area contributed by atoms with Gasteiger partial charge in [0.05, 0.1) is 20.1 Å². The Morgan fingerprint density at radius 2 is 1.62 bits per heavy atom. The van der Waals surface area contributed by atoms with Gasteiger partial charge < -0.3 is 15.0 Å². The number of carbonyl (C=O) groups excluding carboxylic acids is 2. The summed E-state index contributed by atoms with van der Waals surface area (Å²) in [6.45, 7) is 0.756. The third-order valence-electron chi connectivity index (χ3n) is 5.61. The van der Waals surface area contributed by atoms with Gasteiger partial charge in [0.1, 0.15) is 11.8 Å². The first kappa shape index (κ1) is 23.7. The molecule has 174 valence electrons. The fraction of sp³-hybridized carbons (Fsp3) is 0.192. The van der Waals surface area contributed by atoms with E-state index >= 15 is 0 Å². The summed E-state index contributed by atoms with van der Waals surface area (Å²) < 4.78 is 5.24. The van der Waals surface area contributed by atoms with Gasteiger partial charge in [0.25, 0.3) is 5.91 Å². The summed E-state index contributed by atoms with van der Waals surface area (Å²) in [6, 6.07) is 23.4. The van der Waals surface area contributed by atoms with Crippen LogP contribution >= 0.6 is 23.8 Å². The molecule has 1 saturated heterocycles. The molecule has 6 nitrogen and oxygen atoms in total. The van der Waals surface area contributed by atoms with Gasteiger partial charge >= 0.3 is 0 Å². The van der Waals surface area contributed by atoms with Gasteiger partial charge in [0, 0.05) is 17.3 Å². The maximum atomic E-state index is 13.4. The van der Waals surface area contributed by atoms with E-state index < -0.39 is 6.04 Å². The minimum Gasteiger partial charge on any atom is -0.497 e. The highest BCUT2D eigenvalue weighted by Crippen LogP contribution is 2.26. The van der Waals surface area contributed by atoms with Crippen LogP contribution in [0.5, 0.6) is 5.75 Å². The first-order chi connectivity index (χ1) is 16.4. The van der Waals surface area contributed by atoms with Crippen LogP contribution in [0, 0.1) is 0 Å². The lowest BCUT2D eigenvalue weighted by Crippen LogP contribution is -2.37. The number of halogens is 1. The van der Waals surface area contributed by atoms with Crippen LogP contribution in [0.1, 0.15) is 17.5 Å². The Balaban J connectivity index is 1.55. The van der Waals surface area contributed by atoms with E-state index in [0.717, 1.165) is 16.9 Å². The molecule has 0 radical (unpaired) electrons. The van der Waals surface area contributed by atoms with Gasteiger partial charge in [-0.2, -0.15) is 0 Å². The molecule has 0 saturated carbocycles. The first-order valence-electron chi connectivity index (χ1n) is 10.8. The molecule has 3 aromatic carbocycles. The fourth-order valence-electron chi connectivity index (χ4n) is 3.83. The molecule has 1 heterocycles. The molecule has 4 rings (SSSR count). The van der Waals surface area contributed by atoms with Crippen LogP contribution in [0.25, 0.3) is 0 Å². The number of ether oxygens (including phenoxy) is 1. The quantitative estimate of drug-likeness (QED) is 0.453. The number of anilines is 1. The number of carbonyl (C=O) groups is 2. The summed E-state index contributed by atoms with van der Waals surface area (Å²) in [5, 5.41) is 3.83. The SMILES string of the molecule is COc1ccc(CN2C(=S)N(Cc3ccccc3)C(=O)[C@@H]2CC(=O)Nc2ccc(Cl)cc2)cc1. The van der Waals surface area contributed by atoms with Crippen molar-refractivity contribution in [1.82, 2.24) is 9.80 Å². The van der Waals surface area contributed by atoms with Crippen molar-refractivity contribution in [2.24, 2.45) is 0 Å². The molecule has 2 amide bonds. The number of methoxy groups -OCH3 is 1. The largest absolute Gasteiger partial charge is 0.497 e. The summed E-state index contributed by atoms with van der Waals surface area (Å²) in [7, 11) is 1.61. The van der Waals surface area contributed by atoms with Crippen LogP contribution in [-0.4, -0.2) is 39.9 Å². The van der Waals surface area contributed by atoms with E-state index in [4.69, 9.17) is 28.6 Å². The molecule has 0 spiro atoms. The Morgan fingerprint density at radius 3 is 2.26 bits per heavy atom. The van der Waals surface area contributed by atoms with Crippen molar-refractivity contribution < 1.29 is 14.3 Å². The number of benzene rings is 3. The molecule has 1 aliphatic heterocycles. The molecule has 3 aromatic rings. The summed E-state index contributed by atoms with van der Waals surface area (Å²) >= 11 is 11.6. The average Bonchev–Trinajstić information content (AvgIpc) is 3.06. The van der Waals surface area contributed by atoms with E-state index in [1.807, 2.05) is 59.5 Å². The molecule has 1 fully saturated rings. The zero-order chi connectivity index (χ0) is 24.1. The standard InChI is InChI=1S/C26H24ClN3O3S/c1-33-22-13-7-19(8-14-22)16-29-23(15-24(31)28-21-11-9-20(27)10-12-21)25(32)30(26(29)34)17-18-5-3-2-4-6-18/h2-14,23H,15-17H2,1H3,(H,28,31)/t23-/m0/s1. The van der Waals surface area contributed by atoms with E-state index in [1.165, 1.54) is 0 Å². The van der Waals surface area contributed by atoms with E-state index in [-0.39, 0.29) is 18.2 Å². The van der Waals surface area contributed by atoms with E-state index in [9.17, 15) is 9.59 Å². The fourth-order valence-corrected chi connectivity index (χ4v) is 4.30. The van der Waals surface area contributed by atoms with Gasteiger partial charge in [-0.05, 0) is 59.7 Å². The molecule has 0 aliphatic carbocycles. The van der Waals surface area contributed by atoms with Crippen molar-refractivity contribution in [1.29, 1.82) is 0 Å². The second-order valence-corrected chi connectivity index (χ2v) is 8.75. The Labute approximate surface area is 209 Å². The third-order valence-corrected chi connectivity index (χ3v) is 6.31. The second kappa shape index (κ2) is 10.7. The smallest absolute Gasteiger partial charge is 0.252 e. The summed E-state index contributed by atoms with van der Waals surface area (Å²) in [5.41, 5.74) is 2.54. The Bertz CT molecular complexity index is 1170. The van der Waals surface area contributed by atoms with Crippen LogP contribution in [-0.2, 0) is 22.7 Å². The van der Waals surface area contributed by atoms with Crippen LogP contribution in [0.4, 0.5) is 5.69 Å². The highest BCUT2D eigenvalue weighted by atomic mass is 35.5. The van der Waals surface area contributed by atoms with Crippen molar-refractivity contribution in [3.63, 3.8) is 0 Å². The molecule has 8 heteroatoms. The monoisotopic (exact) mass is 493 g/mol. The second-order valence-electron chi connectivity index (χ2n) is 7.94. The van der Waals surface area contributed by atoms with Gasteiger partial charge in [-0.15, -0.1) is 0 Å². The summed E-state index contributed by atoms with van der Waals surface area (Å²) in [5.74, 6) is 0.284. The molecule has 0 aromatic heterocycles. The molecular formula is C26H24ClN3O3S. The third kappa shape index (κ3) is 5.55. The molecule has 1 aliphatic rings. The lowest BCUT2D eigenvalue weighted by atomic mass is 10.1. The van der Waals surface area contributed by atoms with E-state index in [2.05, 4.69) is 5.32 Å². The predicted octanol–water partition coefficient (Wildman–Crippen LogP) is 4.88. The normalized spacial score (nSPS) is 15.5. The number of amides is 2. The molecule has 0 unspecified atom stereocenters. The lowest BCUT2D eigenvalue weighted by Gasteiger charge is -2.24. The van der Waals surface area contributed by atoms with Crippen molar-refractivity contribution in [2.75, 3.05) is 12.4 Å². The molecule has 1 atom stereocenters. The lowest BCUT2D eigenvalue weighted by molar-refractivity contribution is -0.131. The number of nitrogens with one attached hydrogen (secondary N) is 1. The van der Waals surface area contributed by atoms with Gasteiger partial charge in [0.2, 0.25) is 5.91 Å². The molecule has 34 heavy (non-hydrogen) atoms. The number of nitrogens with zero attached hydrogens (tertiary/aromatic N) is 2. The highest BCUT2D eigenvalue weighted by Gasteiger charge is 2.43. The Hall–Kier alpha value is -3.42. The zero-order valence-electron chi connectivity index (χ0n) is 18.6. The summed E-state index contributed by atoms with van der Waals surface area (Å²) in [4.78, 5) is 29.7. The van der Waals surface area contributed by atoms with Crippen LogP contribution in [0.15, 0.2) is 78.9 Å². The van der Waals surface area contributed by atoms with Crippen molar-refractivity contribution >= 4 is 46.4 Å². The predicted molar refractivity (Wildman–Crippen MR) is 137 cm³/mol. The van der Waals surface area contributed by atoms with Gasteiger partial charge in [-0.1, -0.05) is 54.1 Å². The van der Waals surface area contributed by atoms with Crippen molar-refractivity contribution in [3.05, 3.63) is 95.0 Å². The number of hydrogen-bond acceptors (Lipinski definition) is 4. The zero-order valence-corrected chi connectivity index (χ0v) is 20.2. The molecular weight excluding hydrogens is 470 g/mol. The Kier molecular flexibility index (Phi) is 7.45. The molecule has 0 bridgehead atoms. The number of hydrogen-bond donors (Lipinski definition) is 1. The topological polar surface area (TPSA) is 61.9 Å². The van der Waals surface area contributed by atoms with Gasteiger partial charge in [0.15, 0.2) is 5.11 Å². The minimum atomic E-state index is -0.703. The average molecular weight is 494 g/mol. The van der Waals surface area contributed by atoms with Crippen LogP contribution in [0.2, 0.25) is 5.02 Å². The maximum Gasteiger partial charge on any atom is 0.252 e. The number of thiocarbonyl (C=S) groups is 1. The minimum absolute atomic E-state index is 0.0248. The number of rotatable bonds is 8. The highest BCUT2D eigenvalue weighted by molar-refractivity contribution is 7.80. The van der Waals surface area contributed by atoms with Crippen molar-refractivity contribution in [2.45, 2.75) is 25.6 Å². The van der Waals surface area contributed by atoms with Crippen LogP contribution in [0.3, 0.4) is 0 Å². The first-order valence-corrected chi connectivity index (χ1v) is 11.6. The van der Waals surface area contributed by atoms with Crippen molar-refractivity contribution in [3.8, 4) is 5.75 Å².